The molecule has 0 atom stereocenters. The quantitative estimate of drug-likeness (QED) is 0.792. The molecule has 1 aromatic carbocycles. The van der Waals surface area contributed by atoms with Crippen molar-refractivity contribution in [2.24, 2.45) is 0 Å². The van der Waals surface area contributed by atoms with Crippen LogP contribution in [0.1, 0.15) is 57.4 Å². The SMILES string of the molecule is CCCOc1ccc(CN(C)C2CCCCCC2)c(O)c1. The van der Waals surface area contributed by atoms with Crippen molar-refractivity contribution in [2.75, 3.05) is 13.7 Å². The van der Waals surface area contributed by atoms with Crippen molar-refractivity contribution in [1.29, 1.82) is 0 Å². The summed E-state index contributed by atoms with van der Waals surface area (Å²) in [6.07, 6.45) is 8.98. The van der Waals surface area contributed by atoms with Gasteiger partial charge in [-0.2, -0.15) is 0 Å². The predicted octanol–water partition coefficient (Wildman–Crippen LogP) is 4.34. The summed E-state index contributed by atoms with van der Waals surface area (Å²) < 4.78 is 5.56. The molecular formula is C18H29NO2. The van der Waals surface area contributed by atoms with Crippen molar-refractivity contribution in [1.82, 2.24) is 4.90 Å². The summed E-state index contributed by atoms with van der Waals surface area (Å²) in [5.41, 5.74) is 0.991. The third-order valence-electron chi connectivity index (χ3n) is 4.40. The first-order valence-corrected chi connectivity index (χ1v) is 8.35. The topological polar surface area (TPSA) is 32.7 Å². The number of phenols is 1. The highest BCUT2D eigenvalue weighted by Crippen LogP contribution is 2.27. The maximum Gasteiger partial charge on any atom is 0.123 e. The predicted molar refractivity (Wildman–Crippen MR) is 86.8 cm³/mol. The molecule has 0 amide bonds. The summed E-state index contributed by atoms with van der Waals surface area (Å²) in [5.74, 6) is 1.11. The first-order chi connectivity index (χ1) is 10.2. The molecule has 1 aromatic rings. The maximum atomic E-state index is 10.2. The van der Waals surface area contributed by atoms with Gasteiger partial charge >= 0.3 is 0 Å². The van der Waals surface area contributed by atoms with Crippen molar-refractivity contribution in [2.45, 2.75) is 64.5 Å². The van der Waals surface area contributed by atoms with E-state index in [0.717, 1.165) is 24.3 Å². The molecule has 0 saturated heterocycles. The second-order valence-electron chi connectivity index (χ2n) is 6.20. The van der Waals surface area contributed by atoms with Crippen molar-refractivity contribution < 1.29 is 9.84 Å². The van der Waals surface area contributed by atoms with E-state index in [1.807, 2.05) is 12.1 Å². The molecule has 0 aromatic heterocycles. The molecule has 2 rings (SSSR count). The van der Waals surface area contributed by atoms with E-state index in [9.17, 15) is 5.11 Å². The van der Waals surface area contributed by atoms with E-state index in [1.165, 1.54) is 38.5 Å². The molecule has 0 heterocycles. The zero-order chi connectivity index (χ0) is 15.1. The number of benzene rings is 1. The summed E-state index contributed by atoms with van der Waals surface area (Å²) in [6, 6.07) is 6.35. The van der Waals surface area contributed by atoms with Gasteiger partial charge in [0.2, 0.25) is 0 Å². The molecule has 0 spiro atoms. The fourth-order valence-corrected chi connectivity index (χ4v) is 3.08. The summed E-state index contributed by atoms with van der Waals surface area (Å²) in [7, 11) is 2.18. The highest BCUT2D eigenvalue weighted by molar-refractivity contribution is 5.39. The highest BCUT2D eigenvalue weighted by atomic mass is 16.5. The minimum absolute atomic E-state index is 0.351. The molecule has 1 fully saturated rings. The molecule has 3 heteroatoms. The zero-order valence-corrected chi connectivity index (χ0v) is 13.5. The van der Waals surface area contributed by atoms with Crippen molar-refractivity contribution in [3.63, 3.8) is 0 Å². The lowest BCUT2D eigenvalue weighted by atomic mass is 10.1. The minimum atomic E-state index is 0.351. The molecule has 1 N–H and O–H groups in total. The number of phenolic OH excluding ortho intramolecular Hbond substituents is 1. The van der Waals surface area contributed by atoms with Gasteiger partial charge in [0.25, 0.3) is 0 Å². The summed E-state index contributed by atoms with van der Waals surface area (Å²) in [4.78, 5) is 2.40. The molecule has 1 saturated carbocycles. The molecule has 0 bridgehead atoms. The number of rotatable bonds is 6. The van der Waals surface area contributed by atoms with Gasteiger partial charge in [-0.25, -0.2) is 0 Å². The summed E-state index contributed by atoms with van der Waals surface area (Å²) in [5, 5.41) is 10.2. The molecule has 0 radical (unpaired) electrons. The van der Waals surface area contributed by atoms with Crippen LogP contribution in [0.15, 0.2) is 18.2 Å². The molecule has 1 aliphatic rings. The number of nitrogens with zero attached hydrogens (tertiary/aromatic N) is 1. The van der Waals surface area contributed by atoms with Crippen LogP contribution in [-0.4, -0.2) is 29.7 Å². The Kier molecular flexibility index (Phi) is 6.37. The zero-order valence-electron chi connectivity index (χ0n) is 13.5. The van der Waals surface area contributed by atoms with E-state index < -0.39 is 0 Å². The van der Waals surface area contributed by atoms with Crippen LogP contribution in [0.4, 0.5) is 0 Å². The van der Waals surface area contributed by atoms with Crippen molar-refractivity contribution in [3.8, 4) is 11.5 Å². The minimum Gasteiger partial charge on any atom is -0.507 e. The monoisotopic (exact) mass is 291 g/mol. The smallest absolute Gasteiger partial charge is 0.123 e. The van der Waals surface area contributed by atoms with E-state index in [-0.39, 0.29) is 0 Å². The number of ether oxygens (including phenoxy) is 1. The Balaban J connectivity index is 1.94. The molecular weight excluding hydrogens is 262 g/mol. The van der Waals surface area contributed by atoms with E-state index in [4.69, 9.17) is 4.74 Å². The normalized spacial score (nSPS) is 16.9. The van der Waals surface area contributed by atoms with Crippen LogP contribution in [0.3, 0.4) is 0 Å². The van der Waals surface area contributed by atoms with Crippen LogP contribution in [0.25, 0.3) is 0 Å². The van der Waals surface area contributed by atoms with Crippen LogP contribution in [0, 0.1) is 0 Å². The lowest BCUT2D eigenvalue weighted by Gasteiger charge is -2.27. The van der Waals surface area contributed by atoms with Gasteiger partial charge in [0.1, 0.15) is 11.5 Å². The molecule has 118 valence electrons. The van der Waals surface area contributed by atoms with Gasteiger partial charge in [0, 0.05) is 24.2 Å². The lowest BCUT2D eigenvalue weighted by Crippen LogP contribution is -2.30. The molecule has 21 heavy (non-hydrogen) atoms. The first kappa shape index (κ1) is 16.2. The second kappa shape index (κ2) is 8.28. The fourth-order valence-electron chi connectivity index (χ4n) is 3.08. The van der Waals surface area contributed by atoms with Gasteiger partial charge in [0.15, 0.2) is 0 Å². The molecule has 0 aliphatic heterocycles. The Bertz CT molecular complexity index is 425. The van der Waals surface area contributed by atoms with Crippen LogP contribution < -0.4 is 4.74 Å². The lowest BCUT2D eigenvalue weighted by molar-refractivity contribution is 0.210. The van der Waals surface area contributed by atoms with E-state index in [2.05, 4.69) is 18.9 Å². The average molecular weight is 291 g/mol. The van der Waals surface area contributed by atoms with Gasteiger partial charge in [-0.3, -0.25) is 4.90 Å². The Labute approximate surface area is 128 Å². The maximum absolute atomic E-state index is 10.2. The Morgan fingerprint density at radius 2 is 1.90 bits per heavy atom. The highest BCUT2D eigenvalue weighted by Gasteiger charge is 2.18. The Hall–Kier alpha value is -1.22. The number of hydrogen-bond donors (Lipinski definition) is 1. The van der Waals surface area contributed by atoms with E-state index in [1.54, 1.807) is 6.07 Å². The first-order valence-electron chi connectivity index (χ1n) is 8.35. The standard InChI is InChI=1S/C18H29NO2/c1-3-12-21-17-11-10-15(18(20)13-17)14-19(2)16-8-6-4-5-7-9-16/h10-11,13,16,20H,3-9,12,14H2,1-2H3. The third-order valence-corrected chi connectivity index (χ3v) is 4.40. The number of aromatic hydroxyl groups is 1. The largest absolute Gasteiger partial charge is 0.507 e. The number of hydrogen-bond acceptors (Lipinski definition) is 3. The molecule has 1 aliphatic carbocycles. The third kappa shape index (κ3) is 4.92. The van der Waals surface area contributed by atoms with Gasteiger partial charge in [-0.05, 0) is 32.4 Å². The van der Waals surface area contributed by atoms with E-state index >= 15 is 0 Å². The van der Waals surface area contributed by atoms with Crippen LogP contribution in [-0.2, 0) is 6.54 Å². The van der Waals surface area contributed by atoms with Gasteiger partial charge in [-0.15, -0.1) is 0 Å². The van der Waals surface area contributed by atoms with Gasteiger partial charge in [0.05, 0.1) is 6.61 Å². The fraction of sp³-hybridized carbons (Fsp3) is 0.667. The van der Waals surface area contributed by atoms with Crippen molar-refractivity contribution >= 4 is 0 Å². The molecule has 0 unspecified atom stereocenters. The average Bonchev–Trinajstić information content (AvgIpc) is 2.76. The second-order valence-corrected chi connectivity index (χ2v) is 6.20. The van der Waals surface area contributed by atoms with Crippen LogP contribution in [0.2, 0.25) is 0 Å². The van der Waals surface area contributed by atoms with E-state index in [0.29, 0.717) is 18.4 Å². The van der Waals surface area contributed by atoms with Crippen molar-refractivity contribution in [3.05, 3.63) is 23.8 Å². The Morgan fingerprint density at radius 3 is 2.52 bits per heavy atom. The van der Waals surface area contributed by atoms with Crippen LogP contribution >= 0.6 is 0 Å². The summed E-state index contributed by atoms with van der Waals surface area (Å²) in [6.45, 7) is 3.58. The van der Waals surface area contributed by atoms with Crippen LogP contribution in [0.5, 0.6) is 11.5 Å². The van der Waals surface area contributed by atoms with Gasteiger partial charge in [-0.1, -0.05) is 38.7 Å². The Morgan fingerprint density at radius 1 is 1.19 bits per heavy atom. The van der Waals surface area contributed by atoms with Gasteiger partial charge < -0.3 is 9.84 Å². The summed E-state index contributed by atoms with van der Waals surface area (Å²) >= 11 is 0. The molecule has 3 nitrogen and oxygen atoms in total.